The summed E-state index contributed by atoms with van der Waals surface area (Å²) in [5.74, 6) is -1.37. The molecule has 0 fully saturated rings. The summed E-state index contributed by atoms with van der Waals surface area (Å²) in [5, 5.41) is 2.51. The molecule has 0 radical (unpaired) electrons. The smallest absolute Gasteiger partial charge is 0.274 e. The molecule has 7 heteroatoms. The van der Waals surface area contributed by atoms with Crippen molar-refractivity contribution in [2.45, 2.75) is 19.8 Å². The molecule has 0 aliphatic heterocycles. The van der Waals surface area contributed by atoms with E-state index in [4.69, 9.17) is 0 Å². The first-order valence-electron chi connectivity index (χ1n) is 6.39. The predicted octanol–water partition coefficient (Wildman–Crippen LogP) is 4.27. The molecule has 0 unspecified atom stereocenters. The molecule has 118 valence electrons. The van der Waals surface area contributed by atoms with Crippen LogP contribution < -0.4 is 5.32 Å². The maximum Gasteiger partial charge on any atom is 0.274 e. The van der Waals surface area contributed by atoms with Crippen molar-refractivity contribution in [3.8, 4) is 0 Å². The molecule has 1 aromatic heterocycles. The zero-order valence-electron chi connectivity index (χ0n) is 11.7. The highest BCUT2D eigenvalue weighted by atomic mass is 19.3. The van der Waals surface area contributed by atoms with Crippen LogP contribution in [0, 0.1) is 11.6 Å². The van der Waals surface area contributed by atoms with Crippen LogP contribution in [-0.4, -0.2) is 17.3 Å². The second kappa shape index (κ2) is 8.76. The highest BCUT2D eigenvalue weighted by Gasteiger charge is 2.07. The van der Waals surface area contributed by atoms with Crippen LogP contribution in [0.2, 0.25) is 0 Å². The number of aromatic nitrogens is 1. The fourth-order valence-electron chi connectivity index (χ4n) is 1.24. The van der Waals surface area contributed by atoms with Gasteiger partial charge in [0.1, 0.15) is 17.3 Å². The highest BCUT2D eigenvalue weighted by molar-refractivity contribution is 6.02. The van der Waals surface area contributed by atoms with Crippen molar-refractivity contribution in [1.29, 1.82) is 0 Å². The molecule has 0 saturated carbocycles. The van der Waals surface area contributed by atoms with E-state index in [1.807, 2.05) is 0 Å². The van der Waals surface area contributed by atoms with E-state index >= 15 is 0 Å². The molecule has 3 nitrogen and oxygen atoms in total. The Morgan fingerprint density at radius 2 is 1.64 bits per heavy atom. The third-order valence-electron chi connectivity index (χ3n) is 2.37. The predicted molar refractivity (Wildman–Crippen MR) is 74.8 cm³/mol. The summed E-state index contributed by atoms with van der Waals surface area (Å²) < 4.78 is 46.7. The van der Waals surface area contributed by atoms with Crippen molar-refractivity contribution in [2.24, 2.45) is 0 Å². The molecular formula is C15H14F4N2O. The first kappa shape index (κ1) is 17.6. The van der Waals surface area contributed by atoms with Crippen molar-refractivity contribution in [1.82, 2.24) is 4.98 Å². The first-order chi connectivity index (χ1) is 10.4. The second-order valence-electron chi connectivity index (χ2n) is 4.12. The first-order valence-corrected chi connectivity index (χ1v) is 6.39. The number of hydrogen-bond donors (Lipinski definition) is 1. The summed E-state index contributed by atoms with van der Waals surface area (Å²) in [6.07, 6.45) is -1.19. The number of nitrogens with one attached hydrogen (secondary N) is 1. The molecule has 22 heavy (non-hydrogen) atoms. The van der Waals surface area contributed by atoms with Crippen molar-refractivity contribution in [3.63, 3.8) is 0 Å². The zero-order chi connectivity index (χ0) is 16.5. The van der Waals surface area contributed by atoms with Crippen LogP contribution >= 0.6 is 0 Å². The highest BCUT2D eigenvalue weighted by Crippen LogP contribution is 2.09. The number of carbonyl (C=O) groups excluding carboxylic acids is 1. The Morgan fingerprint density at radius 1 is 1.09 bits per heavy atom. The summed E-state index contributed by atoms with van der Waals surface area (Å²) in [5.41, 5.74) is 0.540. The lowest BCUT2D eigenvalue weighted by Crippen LogP contribution is -2.13. The lowest BCUT2D eigenvalue weighted by molar-refractivity contribution is 0.102. The molecule has 1 aromatic carbocycles. The topological polar surface area (TPSA) is 42.0 Å². The van der Waals surface area contributed by atoms with E-state index in [0.717, 1.165) is 12.3 Å². The van der Waals surface area contributed by atoms with Gasteiger partial charge in [-0.15, -0.1) is 0 Å². The number of amides is 1. The Balaban J connectivity index is 0.000000422. The van der Waals surface area contributed by atoms with Crippen LogP contribution in [0.15, 0.2) is 42.6 Å². The van der Waals surface area contributed by atoms with Gasteiger partial charge in [-0.25, -0.2) is 22.5 Å². The fraction of sp³-hybridized carbons (Fsp3) is 0.200. The number of rotatable bonds is 3. The Hall–Kier alpha value is -2.44. The van der Waals surface area contributed by atoms with Gasteiger partial charge in [-0.3, -0.25) is 4.79 Å². The van der Waals surface area contributed by atoms with E-state index in [9.17, 15) is 22.4 Å². The van der Waals surface area contributed by atoms with Crippen LogP contribution in [0.25, 0.3) is 0 Å². The molecule has 2 aromatic rings. The fourth-order valence-corrected chi connectivity index (χ4v) is 1.24. The molecule has 1 amide bonds. The molecule has 0 atom stereocenters. The molecule has 2 rings (SSSR count). The number of hydrogen-bond acceptors (Lipinski definition) is 2. The minimum atomic E-state index is -2.12. The van der Waals surface area contributed by atoms with E-state index < -0.39 is 18.1 Å². The number of anilines is 1. The van der Waals surface area contributed by atoms with Gasteiger partial charge in [0.05, 0.1) is 6.20 Å². The number of carbonyl (C=O) groups is 1. The van der Waals surface area contributed by atoms with Crippen molar-refractivity contribution < 1.29 is 22.4 Å². The monoisotopic (exact) mass is 314 g/mol. The van der Waals surface area contributed by atoms with Gasteiger partial charge in [-0.1, -0.05) is 6.92 Å². The average molecular weight is 314 g/mol. The summed E-state index contributed by atoms with van der Waals surface area (Å²) in [6, 6.07) is 7.73. The number of halogens is 4. The number of pyridine rings is 1. The Bertz CT molecular complexity index is 585. The van der Waals surface area contributed by atoms with Gasteiger partial charge >= 0.3 is 0 Å². The van der Waals surface area contributed by atoms with Gasteiger partial charge in [-0.2, -0.15) is 0 Å². The van der Waals surface area contributed by atoms with Gasteiger partial charge in [0.25, 0.3) is 5.91 Å². The molecular weight excluding hydrogens is 300 g/mol. The molecule has 1 heterocycles. The maximum absolute atomic E-state index is 12.6. The third-order valence-corrected chi connectivity index (χ3v) is 2.37. The summed E-state index contributed by atoms with van der Waals surface area (Å²) in [7, 11) is 0. The lowest BCUT2D eigenvalue weighted by Gasteiger charge is -2.04. The Morgan fingerprint density at radius 3 is 2.09 bits per heavy atom. The summed E-state index contributed by atoms with van der Waals surface area (Å²) in [4.78, 5) is 15.3. The van der Waals surface area contributed by atoms with E-state index in [2.05, 4.69) is 10.3 Å². The Labute approximate surface area is 125 Å². The number of benzene rings is 1. The van der Waals surface area contributed by atoms with Gasteiger partial charge in [0.15, 0.2) is 0 Å². The SMILES string of the molecule is CCC(F)F.O=C(Nc1ccc(F)cc1)c1ccc(F)cn1. The largest absolute Gasteiger partial charge is 0.321 e. The second-order valence-corrected chi connectivity index (χ2v) is 4.12. The molecule has 0 spiro atoms. The Kier molecular flexibility index (Phi) is 7.01. The maximum atomic E-state index is 12.6. The quantitative estimate of drug-likeness (QED) is 0.860. The van der Waals surface area contributed by atoms with E-state index in [1.165, 1.54) is 37.3 Å². The van der Waals surface area contributed by atoms with E-state index in [-0.39, 0.29) is 17.9 Å². The standard InChI is InChI=1S/C12H8F2N2O.C3H6F2/c13-8-1-4-10(5-2-8)16-12(17)11-6-3-9(14)7-15-11;1-2-3(4)5/h1-7H,(H,16,17);3H,2H2,1H3. The van der Waals surface area contributed by atoms with Crippen LogP contribution in [-0.2, 0) is 0 Å². The van der Waals surface area contributed by atoms with Gasteiger partial charge in [0.2, 0.25) is 6.43 Å². The van der Waals surface area contributed by atoms with Crippen molar-refractivity contribution in [2.75, 3.05) is 5.32 Å². The number of alkyl halides is 2. The van der Waals surface area contributed by atoms with Crippen LogP contribution in [0.1, 0.15) is 23.8 Å². The molecule has 1 N–H and O–H groups in total. The van der Waals surface area contributed by atoms with Gasteiger partial charge < -0.3 is 5.32 Å². The minimum Gasteiger partial charge on any atom is -0.321 e. The van der Waals surface area contributed by atoms with Gasteiger partial charge in [0, 0.05) is 12.1 Å². The van der Waals surface area contributed by atoms with Crippen molar-refractivity contribution >= 4 is 11.6 Å². The normalized spacial score (nSPS) is 9.91. The van der Waals surface area contributed by atoms with Crippen molar-refractivity contribution in [3.05, 3.63) is 59.9 Å². The number of nitrogens with zero attached hydrogens (tertiary/aromatic N) is 1. The van der Waals surface area contributed by atoms with Crippen LogP contribution in [0.4, 0.5) is 23.2 Å². The molecule has 0 saturated heterocycles. The lowest BCUT2D eigenvalue weighted by atomic mass is 10.3. The third kappa shape index (κ3) is 6.34. The van der Waals surface area contributed by atoms with Gasteiger partial charge in [-0.05, 0) is 36.4 Å². The zero-order valence-corrected chi connectivity index (χ0v) is 11.7. The van der Waals surface area contributed by atoms with Crippen LogP contribution in [0.3, 0.4) is 0 Å². The molecule has 0 bridgehead atoms. The summed E-state index contributed by atoms with van der Waals surface area (Å²) in [6.45, 7) is 1.45. The molecule has 0 aliphatic carbocycles. The van der Waals surface area contributed by atoms with Crippen LogP contribution in [0.5, 0.6) is 0 Å². The molecule has 0 aliphatic rings. The summed E-state index contributed by atoms with van der Waals surface area (Å²) >= 11 is 0. The minimum absolute atomic E-state index is 0.0278. The van der Waals surface area contributed by atoms with E-state index in [1.54, 1.807) is 0 Å². The van der Waals surface area contributed by atoms with E-state index in [0.29, 0.717) is 5.69 Å². The average Bonchev–Trinajstić information content (AvgIpc) is 2.50.